The van der Waals surface area contributed by atoms with Crippen molar-refractivity contribution in [1.82, 2.24) is 19.9 Å². The van der Waals surface area contributed by atoms with Gasteiger partial charge in [0.1, 0.15) is 5.82 Å². The highest BCUT2D eigenvalue weighted by atomic mass is 16.2. The third kappa shape index (κ3) is 9.95. The number of aromatic nitrogens is 3. The van der Waals surface area contributed by atoms with Gasteiger partial charge in [-0.3, -0.25) is 19.3 Å². The smallest absolute Gasteiger partial charge is 0.260 e. The Balaban J connectivity index is 1.73. The van der Waals surface area contributed by atoms with E-state index in [2.05, 4.69) is 76.9 Å². The van der Waals surface area contributed by atoms with E-state index in [1.165, 1.54) is 16.5 Å². The molecule has 0 saturated carbocycles. The molecule has 306 valence electrons. The first-order chi connectivity index (χ1) is 27.6. The molecule has 1 aliphatic rings. The van der Waals surface area contributed by atoms with Crippen LogP contribution in [0.3, 0.4) is 0 Å². The summed E-state index contributed by atoms with van der Waals surface area (Å²) in [6, 6.07) is 16.2. The van der Waals surface area contributed by atoms with Gasteiger partial charge in [0.05, 0.1) is 0 Å². The van der Waals surface area contributed by atoms with Crippen molar-refractivity contribution in [2.45, 2.75) is 111 Å². The minimum Gasteiger partial charge on any atom is -0.308 e. The first-order valence-corrected chi connectivity index (χ1v) is 20.8. The van der Waals surface area contributed by atoms with Gasteiger partial charge in [-0.25, -0.2) is 15.0 Å². The Kier molecular flexibility index (Phi) is 15.4. The lowest BCUT2D eigenvalue weighted by atomic mass is 9.78. The molecule has 2 unspecified atom stereocenters. The lowest BCUT2D eigenvalue weighted by Gasteiger charge is -2.41. The number of hydrogen-bond donors (Lipinski definition) is 0. The summed E-state index contributed by atoms with van der Waals surface area (Å²) in [6.45, 7) is 30.0. The molecular weight excluding hydrogens is 719 g/mol. The SMILES string of the molecule is C=CC(=C)C(=O)N(C(=O)[C@@H](C)C(C)CN(C(=O)C(=C)/C=C\C)c1ccc(-c2nc(-c3ccc(C(C)(CC)CC)cc3)nc(C3C=CC=CC3)n2)cc1)C(C)(CC)CC. The van der Waals surface area contributed by atoms with E-state index < -0.39 is 17.4 Å². The molecule has 0 saturated heterocycles. The van der Waals surface area contributed by atoms with Crippen LogP contribution < -0.4 is 4.90 Å². The average molecular weight is 782 g/mol. The number of carbonyl (C=O) groups is 3. The quantitative estimate of drug-likeness (QED) is 0.0942. The van der Waals surface area contributed by atoms with Gasteiger partial charge in [-0.2, -0.15) is 0 Å². The summed E-state index contributed by atoms with van der Waals surface area (Å²) < 4.78 is 0. The van der Waals surface area contributed by atoms with Crippen LogP contribution in [0.4, 0.5) is 5.69 Å². The molecule has 0 fully saturated rings. The molecule has 0 spiro atoms. The summed E-state index contributed by atoms with van der Waals surface area (Å²) in [5.74, 6) is -0.163. The van der Waals surface area contributed by atoms with E-state index in [-0.39, 0.29) is 41.2 Å². The molecule has 8 nitrogen and oxygen atoms in total. The Hall–Kier alpha value is -5.50. The third-order valence-corrected chi connectivity index (χ3v) is 12.4. The van der Waals surface area contributed by atoms with E-state index >= 15 is 0 Å². The van der Waals surface area contributed by atoms with Crippen molar-refractivity contribution >= 4 is 23.4 Å². The second-order valence-electron chi connectivity index (χ2n) is 16.0. The van der Waals surface area contributed by atoms with E-state index in [1.54, 1.807) is 17.1 Å². The molecule has 1 aromatic heterocycles. The van der Waals surface area contributed by atoms with Crippen LogP contribution in [0.1, 0.15) is 112 Å². The summed E-state index contributed by atoms with van der Waals surface area (Å²) in [7, 11) is 0. The van der Waals surface area contributed by atoms with E-state index in [4.69, 9.17) is 15.0 Å². The van der Waals surface area contributed by atoms with Gasteiger partial charge in [-0.05, 0) is 87.1 Å². The van der Waals surface area contributed by atoms with Gasteiger partial charge in [0.2, 0.25) is 5.91 Å². The minimum absolute atomic E-state index is 0.0121. The molecule has 4 rings (SSSR count). The van der Waals surface area contributed by atoms with Crippen molar-refractivity contribution in [2.75, 3.05) is 11.4 Å². The Morgan fingerprint density at radius 2 is 1.38 bits per heavy atom. The largest absolute Gasteiger partial charge is 0.308 e. The van der Waals surface area contributed by atoms with Gasteiger partial charge >= 0.3 is 0 Å². The number of imide groups is 1. The van der Waals surface area contributed by atoms with Crippen LogP contribution in [0.5, 0.6) is 0 Å². The maximum atomic E-state index is 14.3. The summed E-state index contributed by atoms with van der Waals surface area (Å²) in [4.78, 5) is 59.8. The topological polar surface area (TPSA) is 96.4 Å². The number of rotatable bonds is 18. The second-order valence-corrected chi connectivity index (χ2v) is 16.0. The predicted octanol–water partition coefficient (Wildman–Crippen LogP) is 11.3. The molecule has 3 aromatic rings. The van der Waals surface area contributed by atoms with Gasteiger partial charge in [0.15, 0.2) is 11.6 Å². The van der Waals surface area contributed by atoms with Crippen LogP contribution in [0.2, 0.25) is 0 Å². The van der Waals surface area contributed by atoms with Crippen LogP contribution in [0.25, 0.3) is 22.8 Å². The van der Waals surface area contributed by atoms with E-state index in [1.807, 2.05) is 78.0 Å². The lowest BCUT2D eigenvalue weighted by molar-refractivity contribution is -0.153. The lowest BCUT2D eigenvalue weighted by Crippen LogP contribution is -2.55. The Bertz CT molecular complexity index is 2070. The highest BCUT2D eigenvalue weighted by Gasteiger charge is 2.41. The molecule has 0 bridgehead atoms. The molecule has 1 heterocycles. The zero-order valence-electron chi connectivity index (χ0n) is 36.2. The van der Waals surface area contributed by atoms with Gasteiger partial charge in [0, 0.05) is 51.9 Å². The molecule has 8 heteroatoms. The number of carbonyl (C=O) groups excluding carboxylic acids is 3. The van der Waals surface area contributed by atoms with E-state index in [9.17, 15) is 14.4 Å². The number of hydrogen-bond acceptors (Lipinski definition) is 6. The van der Waals surface area contributed by atoms with Crippen LogP contribution in [0, 0.1) is 11.8 Å². The normalized spacial score (nSPS) is 15.2. The Labute approximate surface area is 347 Å². The minimum atomic E-state index is -0.715. The first kappa shape index (κ1) is 45.2. The standard InChI is InChI=1S/C50H63N5O3/c1-13-22-35(8)46(56)54(33-36(9)37(10)48(58)55(47(57)34(7)14-2)50(12,17-5)18-6)42-31-27-40(28-32-42)45-52-43(38-23-20-19-21-24-38)51-44(53-45)39-25-29-41(30-26-39)49(11,15-3)16-4/h13-14,19-23,25-32,36-38H,2,7-8,15-18,24,33H2,1,3-6,9-12H3/b22-13-/t36?,37-,38?/m0/s1. The first-order valence-electron chi connectivity index (χ1n) is 20.8. The molecule has 0 radical (unpaired) electrons. The Morgan fingerprint density at radius 3 is 1.86 bits per heavy atom. The highest BCUT2D eigenvalue weighted by molar-refractivity contribution is 6.08. The predicted molar refractivity (Wildman–Crippen MR) is 239 cm³/mol. The number of benzene rings is 2. The third-order valence-electron chi connectivity index (χ3n) is 12.4. The molecule has 3 amide bonds. The average Bonchev–Trinajstić information content (AvgIpc) is 3.27. The molecule has 1 aliphatic carbocycles. The zero-order chi connectivity index (χ0) is 42.8. The highest BCUT2D eigenvalue weighted by Crippen LogP contribution is 2.34. The fourth-order valence-electron chi connectivity index (χ4n) is 7.11. The maximum Gasteiger partial charge on any atom is 0.260 e. The molecule has 3 atom stereocenters. The monoisotopic (exact) mass is 781 g/mol. The van der Waals surface area contributed by atoms with Crippen molar-refractivity contribution in [3.05, 3.63) is 133 Å². The fourth-order valence-corrected chi connectivity index (χ4v) is 7.11. The molecule has 2 aromatic carbocycles. The van der Waals surface area contributed by atoms with Gasteiger partial charge < -0.3 is 4.90 Å². The number of anilines is 1. The molecule has 0 aliphatic heterocycles. The Morgan fingerprint density at radius 1 is 0.810 bits per heavy atom. The molecule has 0 N–H and O–H groups in total. The summed E-state index contributed by atoms with van der Waals surface area (Å²) in [6.07, 6.45) is 17.2. The van der Waals surface area contributed by atoms with Crippen LogP contribution in [0.15, 0.2) is 122 Å². The van der Waals surface area contributed by atoms with Crippen LogP contribution in [-0.2, 0) is 19.8 Å². The van der Waals surface area contributed by atoms with Gasteiger partial charge in [-0.15, -0.1) is 0 Å². The summed E-state index contributed by atoms with van der Waals surface area (Å²) in [5, 5.41) is 0. The van der Waals surface area contributed by atoms with Crippen LogP contribution >= 0.6 is 0 Å². The molecule has 58 heavy (non-hydrogen) atoms. The van der Waals surface area contributed by atoms with Crippen molar-refractivity contribution in [3.8, 4) is 22.8 Å². The number of nitrogens with zero attached hydrogens (tertiary/aromatic N) is 5. The van der Waals surface area contributed by atoms with Crippen molar-refractivity contribution in [2.24, 2.45) is 11.8 Å². The van der Waals surface area contributed by atoms with Gasteiger partial charge in [-0.1, -0.05) is 135 Å². The van der Waals surface area contributed by atoms with Gasteiger partial charge in [0.25, 0.3) is 11.8 Å². The van der Waals surface area contributed by atoms with Crippen molar-refractivity contribution < 1.29 is 14.4 Å². The van der Waals surface area contributed by atoms with E-state index in [0.29, 0.717) is 41.6 Å². The van der Waals surface area contributed by atoms with Crippen molar-refractivity contribution in [1.29, 1.82) is 0 Å². The second kappa shape index (κ2) is 19.8. The van der Waals surface area contributed by atoms with Crippen LogP contribution in [-0.4, -0.2) is 49.7 Å². The summed E-state index contributed by atoms with van der Waals surface area (Å²) >= 11 is 0. The van der Waals surface area contributed by atoms with Crippen molar-refractivity contribution in [3.63, 3.8) is 0 Å². The molecular formula is C50H63N5O3. The summed E-state index contributed by atoms with van der Waals surface area (Å²) in [5.41, 5.74) is 3.47. The number of allylic oxidation sites excluding steroid dienone is 5. The maximum absolute atomic E-state index is 14.3. The number of amides is 3. The van der Waals surface area contributed by atoms with E-state index in [0.717, 1.165) is 30.4 Å². The fraction of sp³-hybridized carbons (Fsp3) is 0.400. The zero-order valence-corrected chi connectivity index (χ0v) is 36.2.